The highest BCUT2D eigenvalue weighted by molar-refractivity contribution is 6.00. The second kappa shape index (κ2) is 8.76. The zero-order valence-electron chi connectivity index (χ0n) is 15.8. The number of halogens is 1. The summed E-state index contributed by atoms with van der Waals surface area (Å²) in [5.41, 5.74) is 9.50. The number of carbonyl (C=O) groups is 2. The van der Waals surface area contributed by atoms with Crippen molar-refractivity contribution in [1.29, 1.82) is 0 Å². The molecule has 2 heterocycles. The van der Waals surface area contributed by atoms with Crippen molar-refractivity contribution < 1.29 is 9.59 Å². The Labute approximate surface area is 171 Å². The van der Waals surface area contributed by atoms with Crippen LogP contribution >= 0.6 is 12.4 Å². The summed E-state index contributed by atoms with van der Waals surface area (Å²) in [6.45, 7) is 1.22. The van der Waals surface area contributed by atoms with E-state index in [2.05, 4.69) is 12.1 Å². The molecule has 0 aliphatic carbocycles. The summed E-state index contributed by atoms with van der Waals surface area (Å²) in [4.78, 5) is 29.1. The number of amides is 2. The second-order valence-corrected chi connectivity index (χ2v) is 7.44. The van der Waals surface area contributed by atoms with Crippen LogP contribution < -0.4 is 10.6 Å². The number of anilines is 1. The van der Waals surface area contributed by atoms with Gasteiger partial charge < -0.3 is 15.5 Å². The number of nitrogens with zero attached hydrogens (tertiary/aromatic N) is 2. The lowest BCUT2D eigenvalue weighted by atomic mass is 9.95. The molecule has 2 amide bonds. The molecule has 2 aliphatic heterocycles. The number of hydrogen-bond donors (Lipinski definition) is 1. The molecule has 5 nitrogen and oxygen atoms in total. The fraction of sp³-hybridized carbons (Fsp3) is 0.364. The zero-order valence-corrected chi connectivity index (χ0v) is 16.6. The Hall–Kier alpha value is -2.37. The van der Waals surface area contributed by atoms with Gasteiger partial charge in [0.2, 0.25) is 11.8 Å². The Balaban J connectivity index is 0.00000225. The number of para-hydroxylation sites is 1. The first-order valence-electron chi connectivity index (χ1n) is 9.60. The maximum Gasteiger partial charge on any atom is 0.242 e. The predicted molar refractivity (Wildman–Crippen MR) is 113 cm³/mol. The van der Waals surface area contributed by atoms with Gasteiger partial charge in [-0.05, 0) is 30.0 Å². The largest absolute Gasteiger partial charge is 0.339 e. The van der Waals surface area contributed by atoms with Gasteiger partial charge in [-0.2, -0.15) is 0 Å². The van der Waals surface area contributed by atoms with E-state index in [4.69, 9.17) is 5.73 Å². The number of likely N-dealkylation sites (tertiary alicyclic amines) is 1. The van der Waals surface area contributed by atoms with Crippen LogP contribution in [0.2, 0.25) is 0 Å². The first-order valence-corrected chi connectivity index (χ1v) is 9.60. The summed E-state index contributed by atoms with van der Waals surface area (Å²) < 4.78 is 0. The Morgan fingerprint density at radius 3 is 2.50 bits per heavy atom. The number of carbonyl (C=O) groups excluding carboxylic acids is 2. The van der Waals surface area contributed by atoms with Crippen molar-refractivity contribution in [3.63, 3.8) is 0 Å². The van der Waals surface area contributed by atoms with Crippen LogP contribution in [0, 0.1) is 0 Å². The third-order valence-electron chi connectivity index (χ3n) is 5.66. The lowest BCUT2D eigenvalue weighted by Crippen LogP contribution is -2.42. The van der Waals surface area contributed by atoms with Gasteiger partial charge in [0, 0.05) is 37.2 Å². The first-order chi connectivity index (χ1) is 13.1. The van der Waals surface area contributed by atoms with Crippen LogP contribution in [0.15, 0.2) is 54.6 Å². The van der Waals surface area contributed by atoms with Crippen LogP contribution in [-0.2, 0) is 16.0 Å². The number of benzene rings is 2. The minimum absolute atomic E-state index is 0. The third kappa shape index (κ3) is 4.05. The predicted octanol–water partition coefficient (Wildman–Crippen LogP) is 2.73. The molecule has 1 saturated heterocycles. The first kappa shape index (κ1) is 20.4. The number of fused-ring (bicyclic) bond motifs is 1. The van der Waals surface area contributed by atoms with E-state index in [0.29, 0.717) is 19.5 Å². The lowest BCUT2D eigenvalue weighted by molar-refractivity contribution is -0.130. The quantitative estimate of drug-likeness (QED) is 0.862. The molecule has 28 heavy (non-hydrogen) atoms. The van der Waals surface area contributed by atoms with E-state index in [1.807, 2.05) is 47.4 Å². The fourth-order valence-corrected chi connectivity index (χ4v) is 4.18. The van der Waals surface area contributed by atoms with Gasteiger partial charge >= 0.3 is 0 Å². The average Bonchev–Trinajstić information content (AvgIpc) is 3.01. The van der Waals surface area contributed by atoms with Gasteiger partial charge in [-0.3, -0.25) is 9.59 Å². The second-order valence-electron chi connectivity index (χ2n) is 7.44. The molecular weight excluding hydrogens is 374 g/mol. The molecule has 0 radical (unpaired) electrons. The minimum atomic E-state index is -0.0801. The van der Waals surface area contributed by atoms with E-state index in [1.54, 1.807) is 4.90 Å². The van der Waals surface area contributed by atoms with Crippen LogP contribution in [0.1, 0.15) is 29.9 Å². The standard InChI is InChI=1S/C22H25N3O2.ClH/c23-19-14-24(13-18(19)16-7-2-1-3-8-16)22(27)15-25-20-11-5-4-9-17(20)10-6-12-21(25)26;/h1-5,7-9,11,18-19H,6,10,12-15,23H2;1H/t18-,19+;/m0./s1. The molecule has 1 fully saturated rings. The van der Waals surface area contributed by atoms with Gasteiger partial charge in [0.25, 0.3) is 0 Å². The fourth-order valence-electron chi connectivity index (χ4n) is 4.18. The van der Waals surface area contributed by atoms with Crippen molar-refractivity contribution >= 4 is 29.9 Å². The highest BCUT2D eigenvalue weighted by Crippen LogP contribution is 2.29. The third-order valence-corrected chi connectivity index (χ3v) is 5.66. The summed E-state index contributed by atoms with van der Waals surface area (Å²) in [5, 5.41) is 0. The topological polar surface area (TPSA) is 66.6 Å². The maximum atomic E-state index is 13.0. The van der Waals surface area contributed by atoms with Crippen molar-refractivity contribution in [3.05, 3.63) is 65.7 Å². The van der Waals surface area contributed by atoms with E-state index in [-0.39, 0.29) is 42.7 Å². The monoisotopic (exact) mass is 399 g/mol. The number of aryl methyl sites for hydroxylation is 1. The average molecular weight is 400 g/mol. The maximum absolute atomic E-state index is 13.0. The Bertz CT molecular complexity index is 843. The molecule has 0 aromatic heterocycles. The van der Waals surface area contributed by atoms with Crippen molar-refractivity contribution in [2.45, 2.75) is 31.2 Å². The Morgan fingerprint density at radius 2 is 1.71 bits per heavy atom. The highest BCUT2D eigenvalue weighted by Gasteiger charge is 2.35. The van der Waals surface area contributed by atoms with Crippen LogP contribution in [0.4, 0.5) is 5.69 Å². The molecule has 6 heteroatoms. The Morgan fingerprint density at radius 1 is 1.00 bits per heavy atom. The molecular formula is C22H26ClN3O2. The van der Waals surface area contributed by atoms with E-state index < -0.39 is 0 Å². The van der Waals surface area contributed by atoms with E-state index in [9.17, 15) is 9.59 Å². The minimum Gasteiger partial charge on any atom is -0.339 e. The van der Waals surface area contributed by atoms with Gasteiger partial charge in [0.05, 0.1) is 0 Å². The zero-order chi connectivity index (χ0) is 18.8. The summed E-state index contributed by atoms with van der Waals surface area (Å²) in [6.07, 6.45) is 2.18. The molecule has 2 aromatic carbocycles. The molecule has 148 valence electrons. The van der Waals surface area contributed by atoms with E-state index in [1.165, 1.54) is 0 Å². The van der Waals surface area contributed by atoms with Crippen LogP contribution in [-0.4, -0.2) is 42.4 Å². The summed E-state index contributed by atoms with van der Waals surface area (Å²) >= 11 is 0. The van der Waals surface area contributed by atoms with Crippen molar-refractivity contribution in [1.82, 2.24) is 4.90 Å². The van der Waals surface area contributed by atoms with Crippen molar-refractivity contribution in [2.75, 3.05) is 24.5 Å². The number of rotatable bonds is 3. The summed E-state index contributed by atoms with van der Waals surface area (Å²) in [5.74, 6) is 0.132. The highest BCUT2D eigenvalue weighted by atomic mass is 35.5. The van der Waals surface area contributed by atoms with Crippen LogP contribution in [0.5, 0.6) is 0 Å². The molecule has 0 unspecified atom stereocenters. The van der Waals surface area contributed by atoms with Crippen LogP contribution in [0.3, 0.4) is 0 Å². The SMILES string of the molecule is Cl.N[C@@H]1CN(C(=O)CN2C(=O)CCCc3ccccc32)C[C@H]1c1ccccc1. The Kier molecular flexibility index (Phi) is 6.37. The van der Waals surface area contributed by atoms with Crippen LogP contribution in [0.25, 0.3) is 0 Å². The summed E-state index contributed by atoms with van der Waals surface area (Å²) in [6, 6.07) is 17.9. The molecule has 0 spiro atoms. The van der Waals surface area contributed by atoms with Gasteiger partial charge in [-0.15, -0.1) is 12.4 Å². The molecule has 0 bridgehead atoms. The van der Waals surface area contributed by atoms with Gasteiger partial charge in [-0.25, -0.2) is 0 Å². The smallest absolute Gasteiger partial charge is 0.242 e. The normalized spacial score (nSPS) is 21.7. The van der Waals surface area contributed by atoms with Crippen molar-refractivity contribution in [3.8, 4) is 0 Å². The van der Waals surface area contributed by atoms with E-state index >= 15 is 0 Å². The van der Waals surface area contributed by atoms with Crippen molar-refractivity contribution in [2.24, 2.45) is 5.73 Å². The van der Waals surface area contributed by atoms with Gasteiger partial charge in [-0.1, -0.05) is 48.5 Å². The summed E-state index contributed by atoms with van der Waals surface area (Å²) in [7, 11) is 0. The van der Waals surface area contributed by atoms with Gasteiger partial charge in [0.15, 0.2) is 0 Å². The molecule has 4 rings (SSSR count). The number of hydrogen-bond acceptors (Lipinski definition) is 3. The lowest BCUT2D eigenvalue weighted by Gasteiger charge is -2.25. The number of nitrogens with two attached hydrogens (primary N) is 1. The molecule has 2 aromatic rings. The molecule has 0 saturated carbocycles. The molecule has 2 atom stereocenters. The van der Waals surface area contributed by atoms with E-state index in [0.717, 1.165) is 29.7 Å². The molecule has 2 N–H and O–H groups in total. The van der Waals surface area contributed by atoms with Gasteiger partial charge in [0.1, 0.15) is 6.54 Å². The molecule has 2 aliphatic rings.